The lowest BCUT2D eigenvalue weighted by Crippen LogP contribution is -2.44. The summed E-state index contributed by atoms with van der Waals surface area (Å²) in [5.74, 6) is 1.13. The van der Waals surface area contributed by atoms with Crippen LogP contribution in [0.2, 0.25) is 0 Å². The van der Waals surface area contributed by atoms with Gasteiger partial charge in [-0.25, -0.2) is 9.97 Å². The fourth-order valence-electron chi connectivity index (χ4n) is 4.47. The molecule has 0 radical (unpaired) electrons. The zero-order valence-corrected chi connectivity index (χ0v) is 19.2. The lowest BCUT2D eigenvalue weighted by molar-refractivity contribution is 0.313. The van der Waals surface area contributed by atoms with Crippen LogP contribution in [-0.4, -0.2) is 57.6 Å². The Kier molecular flexibility index (Phi) is 5.62. The first-order chi connectivity index (χ1) is 15.1. The fourth-order valence-corrected chi connectivity index (χ4v) is 4.91. The molecule has 1 aliphatic carbocycles. The van der Waals surface area contributed by atoms with Crippen LogP contribution in [0.25, 0.3) is 11.0 Å². The number of pyridine rings is 2. The van der Waals surface area contributed by atoms with Crippen LogP contribution in [0.15, 0.2) is 39.9 Å². The molecule has 0 bridgehead atoms. The minimum absolute atomic E-state index is 0.0290. The number of likely N-dealkylation sites (N-methyl/N-ethyl adjacent to an activating group) is 1. The number of aromatic nitrogens is 4. The Hall–Kier alpha value is -2.52. The Balaban J connectivity index is 1.41. The van der Waals surface area contributed by atoms with E-state index in [-0.39, 0.29) is 11.6 Å². The third-order valence-electron chi connectivity index (χ3n) is 6.28. The van der Waals surface area contributed by atoms with Crippen LogP contribution in [0.1, 0.15) is 31.7 Å². The number of rotatable bonds is 4. The maximum Gasteiger partial charge on any atom is 0.266 e. The molecule has 1 aliphatic heterocycles. The van der Waals surface area contributed by atoms with E-state index in [0.29, 0.717) is 21.9 Å². The summed E-state index contributed by atoms with van der Waals surface area (Å²) in [6.07, 6.45) is 7.95. The number of piperazine rings is 1. The van der Waals surface area contributed by atoms with E-state index in [1.54, 1.807) is 12.3 Å². The minimum atomic E-state index is -0.0290. The predicted molar refractivity (Wildman–Crippen MR) is 126 cm³/mol. The number of anilines is 3. The van der Waals surface area contributed by atoms with Crippen molar-refractivity contribution in [2.75, 3.05) is 43.4 Å². The summed E-state index contributed by atoms with van der Waals surface area (Å²) in [5, 5.41) is 4.05. The van der Waals surface area contributed by atoms with Crippen molar-refractivity contribution in [2.45, 2.75) is 31.7 Å². The second kappa shape index (κ2) is 8.55. The van der Waals surface area contributed by atoms with Crippen molar-refractivity contribution in [1.29, 1.82) is 0 Å². The monoisotopic (exact) mass is 483 g/mol. The summed E-state index contributed by atoms with van der Waals surface area (Å²) in [6.45, 7) is 4.13. The predicted octanol–water partition coefficient (Wildman–Crippen LogP) is 3.56. The second-order valence-electron chi connectivity index (χ2n) is 8.40. The van der Waals surface area contributed by atoms with E-state index in [2.05, 4.69) is 54.1 Å². The largest absolute Gasteiger partial charge is 0.368 e. The van der Waals surface area contributed by atoms with Gasteiger partial charge in [-0.05, 0) is 54.0 Å². The molecule has 1 saturated carbocycles. The van der Waals surface area contributed by atoms with Gasteiger partial charge in [0, 0.05) is 43.8 Å². The van der Waals surface area contributed by atoms with Crippen LogP contribution in [0.4, 0.5) is 17.5 Å². The van der Waals surface area contributed by atoms with E-state index < -0.39 is 0 Å². The van der Waals surface area contributed by atoms with Crippen molar-refractivity contribution in [1.82, 2.24) is 24.4 Å². The van der Waals surface area contributed by atoms with Gasteiger partial charge >= 0.3 is 0 Å². The molecule has 0 atom stereocenters. The van der Waals surface area contributed by atoms with Crippen molar-refractivity contribution < 1.29 is 0 Å². The molecule has 9 heteroatoms. The molecule has 2 aliphatic rings. The van der Waals surface area contributed by atoms with E-state index >= 15 is 0 Å². The molecule has 1 saturated heterocycles. The molecule has 0 aromatic carbocycles. The highest BCUT2D eigenvalue weighted by Gasteiger charge is 2.22. The Morgan fingerprint density at radius 2 is 1.84 bits per heavy atom. The normalized spacial score (nSPS) is 18.1. The van der Waals surface area contributed by atoms with Gasteiger partial charge in [0.2, 0.25) is 5.95 Å². The van der Waals surface area contributed by atoms with Crippen molar-refractivity contribution in [3.8, 4) is 0 Å². The van der Waals surface area contributed by atoms with E-state index in [1.165, 1.54) is 0 Å². The quantitative estimate of drug-likeness (QED) is 0.607. The van der Waals surface area contributed by atoms with Gasteiger partial charge < -0.3 is 15.1 Å². The van der Waals surface area contributed by atoms with E-state index in [4.69, 9.17) is 4.98 Å². The number of hydrogen-bond donors (Lipinski definition) is 1. The van der Waals surface area contributed by atoms with Gasteiger partial charge in [-0.15, -0.1) is 0 Å². The topological polar surface area (TPSA) is 79.2 Å². The molecule has 3 aromatic rings. The Bertz CT molecular complexity index is 1130. The smallest absolute Gasteiger partial charge is 0.266 e. The lowest BCUT2D eigenvalue weighted by atomic mass is 10.2. The van der Waals surface area contributed by atoms with Crippen LogP contribution in [-0.2, 0) is 0 Å². The number of halogens is 1. The Morgan fingerprint density at radius 3 is 2.55 bits per heavy atom. The average molecular weight is 484 g/mol. The highest BCUT2D eigenvalue weighted by atomic mass is 79.9. The molecule has 1 N–H and O–H groups in total. The van der Waals surface area contributed by atoms with Crippen molar-refractivity contribution in [3.63, 3.8) is 0 Å². The molecule has 0 unspecified atom stereocenters. The highest BCUT2D eigenvalue weighted by molar-refractivity contribution is 9.10. The van der Waals surface area contributed by atoms with Crippen LogP contribution in [0.3, 0.4) is 0 Å². The second-order valence-corrected chi connectivity index (χ2v) is 9.25. The summed E-state index contributed by atoms with van der Waals surface area (Å²) in [4.78, 5) is 31.3. The van der Waals surface area contributed by atoms with E-state index in [9.17, 15) is 4.79 Å². The van der Waals surface area contributed by atoms with Gasteiger partial charge in [-0.1, -0.05) is 12.8 Å². The number of hydrogen-bond acceptors (Lipinski definition) is 7. The van der Waals surface area contributed by atoms with Crippen LogP contribution in [0.5, 0.6) is 0 Å². The lowest BCUT2D eigenvalue weighted by Gasteiger charge is -2.33. The molecular formula is C22H26BrN7O. The van der Waals surface area contributed by atoms with Gasteiger partial charge in [-0.2, -0.15) is 4.98 Å². The van der Waals surface area contributed by atoms with Gasteiger partial charge in [0.25, 0.3) is 5.56 Å². The molecule has 2 fully saturated rings. The summed E-state index contributed by atoms with van der Waals surface area (Å²) in [7, 11) is 2.15. The van der Waals surface area contributed by atoms with Crippen molar-refractivity contribution >= 4 is 44.4 Å². The first-order valence-corrected chi connectivity index (χ1v) is 11.6. The van der Waals surface area contributed by atoms with Crippen LogP contribution in [0, 0.1) is 0 Å². The van der Waals surface area contributed by atoms with E-state index in [1.807, 2.05) is 16.8 Å². The third-order valence-corrected chi connectivity index (χ3v) is 6.84. The molecule has 0 spiro atoms. The zero-order chi connectivity index (χ0) is 21.4. The highest BCUT2D eigenvalue weighted by Crippen LogP contribution is 2.31. The molecule has 8 nitrogen and oxygen atoms in total. The summed E-state index contributed by atoms with van der Waals surface area (Å²) >= 11 is 3.41. The molecule has 162 valence electrons. The summed E-state index contributed by atoms with van der Waals surface area (Å²) in [5.41, 5.74) is 1.77. The van der Waals surface area contributed by atoms with Crippen molar-refractivity contribution in [3.05, 3.63) is 45.4 Å². The Labute approximate surface area is 189 Å². The molecule has 0 amide bonds. The molecule has 5 rings (SSSR count). The van der Waals surface area contributed by atoms with Gasteiger partial charge in [0.1, 0.15) is 11.5 Å². The third kappa shape index (κ3) is 4.16. The van der Waals surface area contributed by atoms with Gasteiger partial charge in [-0.3, -0.25) is 9.36 Å². The van der Waals surface area contributed by atoms with Gasteiger partial charge in [0.15, 0.2) is 0 Å². The fraction of sp³-hybridized carbons (Fsp3) is 0.455. The maximum absolute atomic E-state index is 12.9. The summed E-state index contributed by atoms with van der Waals surface area (Å²) in [6, 6.07) is 6.02. The van der Waals surface area contributed by atoms with Crippen LogP contribution < -0.4 is 15.8 Å². The van der Waals surface area contributed by atoms with E-state index in [0.717, 1.165) is 62.9 Å². The summed E-state index contributed by atoms with van der Waals surface area (Å²) < 4.78 is 2.39. The zero-order valence-electron chi connectivity index (χ0n) is 17.6. The van der Waals surface area contributed by atoms with Gasteiger partial charge in [0.05, 0.1) is 16.4 Å². The molecular weight excluding hydrogens is 458 g/mol. The maximum atomic E-state index is 12.9. The minimum Gasteiger partial charge on any atom is -0.368 e. The molecule has 3 aromatic heterocycles. The first-order valence-electron chi connectivity index (χ1n) is 10.8. The van der Waals surface area contributed by atoms with Crippen molar-refractivity contribution in [2.24, 2.45) is 0 Å². The number of nitrogens with one attached hydrogen (secondary N) is 1. The standard InChI is InChI=1S/C22H26BrN7O/c1-28-8-10-29(11-9-28)17-6-7-19(24-14-17)26-22-25-13-15-12-18(23)21(31)30(20(15)27-22)16-4-2-3-5-16/h6-7,12-14,16H,2-5,8-11H2,1H3,(H,24,25,26,27). The average Bonchev–Trinajstić information content (AvgIpc) is 3.30. The Morgan fingerprint density at radius 1 is 1.06 bits per heavy atom. The first kappa shape index (κ1) is 20.4. The molecule has 4 heterocycles. The molecule has 31 heavy (non-hydrogen) atoms. The number of nitrogens with zero attached hydrogens (tertiary/aromatic N) is 6. The number of fused-ring (bicyclic) bond motifs is 1. The SMILES string of the molecule is CN1CCN(c2ccc(Nc3ncc4cc(Br)c(=O)n(C5CCCC5)c4n3)nc2)CC1. The van der Waals surface area contributed by atoms with Crippen LogP contribution >= 0.6 is 15.9 Å².